The molecular weight excluding hydrogens is 586 g/mol. The first kappa shape index (κ1) is 32.2. The molecule has 0 aliphatic carbocycles. The minimum Gasteiger partial charge on any atom is -0.494 e. The van der Waals surface area contributed by atoms with Crippen molar-refractivity contribution in [2.24, 2.45) is 7.05 Å². The molecule has 3 heterocycles. The highest BCUT2D eigenvalue weighted by Crippen LogP contribution is 2.39. The van der Waals surface area contributed by atoms with Crippen LogP contribution >= 0.6 is 11.6 Å². The molecule has 12 nitrogen and oxygen atoms in total. The average Bonchev–Trinajstić information content (AvgIpc) is 3.40. The van der Waals surface area contributed by atoms with E-state index < -0.39 is 11.7 Å². The molecule has 4 aromatic rings. The van der Waals surface area contributed by atoms with Crippen LogP contribution in [0.1, 0.15) is 42.4 Å². The van der Waals surface area contributed by atoms with E-state index in [0.717, 1.165) is 11.1 Å². The summed E-state index contributed by atoms with van der Waals surface area (Å²) in [6, 6.07) is 12.7. The standard InChI is InChI=1S/C31H36ClN7O5/c1-31(2,3)44-30(41)37-27-9-7-8-20(35-27)18-43-13-11-19-14-21(23-10-12-39(5)38-23)28(42-6)25(15-19)36-24-16-26(32)34-17-22(24)29(40)33-4/h7-10,12,14-17H,11,13,18H2,1-6H3,(H,33,40)(H,34,36)(H,35,37,41). The second-order valence-electron chi connectivity index (χ2n) is 10.8. The highest BCUT2D eigenvalue weighted by Gasteiger charge is 2.19. The molecule has 1 aromatic carbocycles. The number of ether oxygens (including phenoxy) is 3. The van der Waals surface area contributed by atoms with E-state index >= 15 is 0 Å². The molecule has 232 valence electrons. The maximum atomic E-state index is 12.5. The molecule has 0 aliphatic rings. The SMILES string of the molecule is CNC(=O)c1cnc(Cl)cc1Nc1cc(CCOCc2cccc(NC(=O)OC(C)(C)C)n2)cc(-c2ccn(C)n2)c1OC. The summed E-state index contributed by atoms with van der Waals surface area (Å²) in [6.07, 6.45) is 3.24. The third-order valence-corrected chi connectivity index (χ3v) is 6.38. The van der Waals surface area contributed by atoms with Gasteiger partial charge in [-0.3, -0.25) is 14.8 Å². The van der Waals surface area contributed by atoms with Gasteiger partial charge in [-0.2, -0.15) is 5.10 Å². The molecule has 0 spiro atoms. The summed E-state index contributed by atoms with van der Waals surface area (Å²) >= 11 is 6.19. The van der Waals surface area contributed by atoms with Gasteiger partial charge in [0.25, 0.3) is 5.91 Å². The van der Waals surface area contributed by atoms with Crippen LogP contribution in [-0.4, -0.2) is 58.1 Å². The topological polar surface area (TPSA) is 142 Å². The van der Waals surface area contributed by atoms with Crippen LogP contribution in [0.3, 0.4) is 0 Å². The normalized spacial score (nSPS) is 11.2. The first-order chi connectivity index (χ1) is 21.0. The Labute approximate surface area is 261 Å². The Morgan fingerprint density at radius 1 is 1.09 bits per heavy atom. The van der Waals surface area contributed by atoms with E-state index in [9.17, 15) is 9.59 Å². The van der Waals surface area contributed by atoms with Crippen LogP contribution in [0, 0.1) is 0 Å². The zero-order valence-corrected chi connectivity index (χ0v) is 26.3. The van der Waals surface area contributed by atoms with Crippen LogP contribution in [0.4, 0.5) is 22.0 Å². The van der Waals surface area contributed by atoms with Crippen LogP contribution in [0.5, 0.6) is 5.75 Å². The summed E-state index contributed by atoms with van der Waals surface area (Å²) in [5, 5.41) is 13.4. The highest BCUT2D eigenvalue weighted by molar-refractivity contribution is 6.29. The fourth-order valence-corrected chi connectivity index (χ4v) is 4.45. The molecule has 0 saturated carbocycles. The van der Waals surface area contributed by atoms with Gasteiger partial charge in [0, 0.05) is 32.1 Å². The van der Waals surface area contributed by atoms with Crippen LogP contribution in [0.15, 0.2) is 54.9 Å². The van der Waals surface area contributed by atoms with E-state index in [1.54, 1.807) is 57.8 Å². The summed E-state index contributed by atoms with van der Waals surface area (Å²) < 4.78 is 18.8. The van der Waals surface area contributed by atoms with Gasteiger partial charge in [0.15, 0.2) is 5.75 Å². The summed E-state index contributed by atoms with van der Waals surface area (Å²) in [4.78, 5) is 33.1. The molecule has 0 unspecified atom stereocenters. The fraction of sp³-hybridized carbons (Fsp3) is 0.323. The fourth-order valence-electron chi connectivity index (χ4n) is 4.29. The zero-order chi connectivity index (χ0) is 31.9. The number of carbonyl (C=O) groups is 2. The van der Waals surface area contributed by atoms with Gasteiger partial charge in [-0.1, -0.05) is 17.7 Å². The molecule has 0 fully saturated rings. The van der Waals surface area contributed by atoms with E-state index in [-0.39, 0.29) is 17.7 Å². The Bertz CT molecular complexity index is 1630. The van der Waals surface area contributed by atoms with Gasteiger partial charge in [0.05, 0.1) is 48.6 Å². The van der Waals surface area contributed by atoms with Crippen molar-refractivity contribution < 1.29 is 23.8 Å². The molecule has 0 saturated heterocycles. The lowest BCUT2D eigenvalue weighted by atomic mass is 10.0. The van der Waals surface area contributed by atoms with Crippen molar-refractivity contribution in [3.8, 4) is 17.0 Å². The van der Waals surface area contributed by atoms with Crippen molar-refractivity contribution in [1.82, 2.24) is 25.1 Å². The molecule has 4 rings (SSSR count). The van der Waals surface area contributed by atoms with E-state index in [2.05, 4.69) is 31.0 Å². The number of amides is 2. The Balaban J connectivity index is 1.53. The maximum absolute atomic E-state index is 12.5. The van der Waals surface area contributed by atoms with Gasteiger partial charge in [0.2, 0.25) is 0 Å². The van der Waals surface area contributed by atoms with E-state index in [4.69, 9.17) is 25.8 Å². The van der Waals surface area contributed by atoms with Gasteiger partial charge >= 0.3 is 6.09 Å². The lowest BCUT2D eigenvalue weighted by Crippen LogP contribution is -2.27. The molecule has 0 bridgehead atoms. The molecule has 0 radical (unpaired) electrons. The summed E-state index contributed by atoms with van der Waals surface area (Å²) in [6.45, 7) is 6.00. The molecule has 13 heteroatoms. The molecule has 0 aliphatic heterocycles. The first-order valence-corrected chi connectivity index (χ1v) is 14.2. The van der Waals surface area contributed by atoms with E-state index in [1.165, 1.54) is 6.20 Å². The maximum Gasteiger partial charge on any atom is 0.413 e. The number of aromatic nitrogens is 4. The number of aryl methyl sites for hydroxylation is 1. The molecule has 3 aromatic heterocycles. The minimum atomic E-state index is -0.615. The lowest BCUT2D eigenvalue weighted by Gasteiger charge is -2.19. The van der Waals surface area contributed by atoms with Gasteiger partial charge in [0.1, 0.15) is 16.6 Å². The van der Waals surface area contributed by atoms with Crippen molar-refractivity contribution in [3.05, 3.63) is 76.8 Å². The van der Waals surface area contributed by atoms with Crippen LogP contribution < -0.4 is 20.7 Å². The number of anilines is 3. The van der Waals surface area contributed by atoms with E-state index in [1.807, 2.05) is 37.5 Å². The highest BCUT2D eigenvalue weighted by atomic mass is 35.5. The number of nitrogens with zero attached hydrogens (tertiary/aromatic N) is 4. The number of pyridine rings is 2. The Morgan fingerprint density at radius 2 is 1.89 bits per heavy atom. The molecule has 3 N–H and O–H groups in total. The quantitative estimate of drug-likeness (QED) is 0.141. The Morgan fingerprint density at radius 3 is 2.57 bits per heavy atom. The number of methoxy groups -OCH3 is 1. The molecule has 44 heavy (non-hydrogen) atoms. The van der Waals surface area contributed by atoms with Gasteiger partial charge in [-0.15, -0.1) is 0 Å². The van der Waals surface area contributed by atoms with Gasteiger partial charge in [-0.05, 0) is 69.2 Å². The minimum absolute atomic E-state index is 0.229. The van der Waals surface area contributed by atoms with E-state index in [0.29, 0.717) is 52.9 Å². The van der Waals surface area contributed by atoms with Crippen molar-refractivity contribution in [3.63, 3.8) is 0 Å². The number of carbonyl (C=O) groups excluding carboxylic acids is 2. The van der Waals surface area contributed by atoms with Crippen molar-refractivity contribution in [2.75, 3.05) is 31.4 Å². The number of benzene rings is 1. The lowest BCUT2D eigenvalue weighted by molar-refractivity contribution is 0.0634. The number of rotatable bonds is 11. The number of nitrogens with one attached hydrogen (secondary N) is 3. The van der Waals surface area contributed by atoms with Gasteiger partial charge < -0.3 is 24.8 Å². The number of hydrogen-bond acceptors (Lipinski definition) is 9. The average molecular weight is 622 g/mol. The monoisotopic (exact) mass is 621 g/mol. The summed E-state index contributed by atoms with van der Waals surface area (Å²) in [5.74, 6) is 0.602. The van der Waals surface area contributed by atoms with Crippen molar-refractivity contribution in [2.45, 2.75) is 39.4 Å². The predicted molar refractivity (Wildman–Crippen MR) is 169 cm³/mol. The molecule has 2 amide bonds. The van der Waals surface area contributed by atoms with Crippen LogP contribution in [0.2, 0.25) is 5.15 Å². The van der Waals surface area contributed by atoms with Crippen molar-refractivity contribution in [1.29, 1.82) is 0 Å². The van der Waals surface area contributed by atoms with Crippen LogP contribution in [0.25, 0.3) is 11.3 Å². The van der Waals surface area contributed by atoms with Crippen LogP contribution in [-0.2, 0) is 29.5 Å². The summed E-state index contributed by atoms with van der Waals surface area (Å²) in [7, 11) is 4.96. The third kappa shape index (κ3) is 8.68. The third-order valence-electron chi connectivity index (χ3n) is 6.17. The second-order valence-corrected chi connectivity index (χ2v) is 11.2. The number of halogens is 1. The number of hydrogen-bond donors (Lipinski definition) is 3. The zero-order valence-electron chi connectivity index (χ0n) is 25.5. The Kier molecular flexibility index (Phi) is 10.4. The first-order valence-electron chi connectivity index (χ1n) is 13.8. The van der Waals surface area contributed by atoms with Crippen molar-refractivity contribution >= 4 is 40.8 Å². The Hall–Kier alpha value is -4.68. The second kappa shape index (κ2) is 14.2. The predicted octanol–water partition coefficient (Wildman–Crippen LogP) is 5.75. The smallest absolute Gasteiger partial charge is 0.413 e. The summed E-state index contributed by atoms with van der Waals surface area (Å²) in [5.41, 5.74) is 3.85. The molecule has 0 atom stereocenters. The molecular formula is C31H36ClN7O5. The van der Waals surface area contributed by atoms with Gasteiger partial charge in [-0.25, -0.2) is 14.8 Å². The largest absolute Gasteiger partial charge is 0.494 e.